The zero-order valence-electron chi connectivity index (χ0n) is 17.3. The molecule has 0 nitrogen and oxygen atoms in total. The van der Waals surface area contributed by atoms with E-state index in [1.165, 1.54) is 49.7 Å². The molecule has 0 fully saturated rings. The number of aryl methyl sites for hydroxylation is 2. The van der Waals surface area contributed by atoms with Gasteiger partial charge in [0.15, 0.2) is 0 Å². The van der Waals surface area contributed by atoms with Gasteiger partial charge in [-0.3, -0.25) is 0 Å². The lowest BCUT2D eigenvalue weighted by atomic mass is 9.83. The van der Waals surface area contributed by atoms with Gasteiger partial charge in [0.1, 0.15) is 0 Å². The highest BCUT2D eigenvalue weighted by Crippen LogP contribution is 2.41. The topological polar surface area (TPSA) is 0 Å². The van der Waals surface area contributed by atoms with Gasteiger partial charge in [-0.1, -0.05) is 92.2 Å². The molecule has 0 heteroatoms. The van der Waals surface area contributed by atoms with Crippen LogP contribution in [0.3, 0.4) is 0 Å². The van der Waals surface area contributed by atoms with Crippen LogP contribution in [-0.2, 0) is 0 Å². The molecule has 0 amide bonds. The molecule has 1 atom stereocenters. The first-order valence-corrected chi connectivity index (χ1v) is 10.3. The van der Waals surface area contributed by atoms with E-state index < -0.39 is 0 Å². The summed E-state index contributed by atoms with van der Waals surface area (Å²) in [6.07, 6.45) is 1.14. The lowest BCUT2D eigenvalue weighted by molar-refractivity contribution is 0.735. The normalized spacial score (nSPS) is 12.3. The van der Waals surface area contributed by atoms with Crippen molar-refractivity contribution in [2.75, 3.05) is 0 Å². The van der Waals surface area contributed by atoms with Gasteiger partial charge in [0.2, 0.25) is 0 Å². The second kappa shape index (κ2) is 7.64. The zero-order valence-corrected chi connectivity index (χ0v) is 17.3. The SMILES string of the molecule is CCC(C)c1cccc(-c2ccc(C)cc2)c1-c1cc2ccccc2cc1C. The largest absolute Gasteiger partial charge is 0.0648 e. The Bertz CT molecular complexity index is 1120. The van der Waals surface area contributed by atoms with E-state index in [9.17, 15) is 0 Å². The Morgan fingerprint density at radius 1 is 0.714 bits per heavy atom. The molecule has 0 radical (unpaired) electrons. The molecule has 0 saturated carbocycles. The van der Waals surface area contributed by atoms with Gasteiger partial charge in [-0.15, -0.1) is 0 Å². The second-order valence-corrected chi connectivity index (χ2v) is 7.96. The van der Waals surface area contributed by atoms with E-state index in [4.69, 9.17) is 0 Å². The minimum atomic E-state index is 0.520. The maximum absolute atomic E-state index is 2.38. The molecule has 0 N–H and O–H groups in total. The molecule has 0 saturated heterocycles. The van der Waals surface area contributed by atoms with Crippen LogP contribution in [0.15, 0.2) is 78.9 Å². The number of fused-ring (bicyclic) bond motifs is 1. The fourth-order valence-electron chi connectivity index (χ4n) is 4.10. The van der Waals surface area contributed by atoms with Crippen LogP contribution in [0.2, 0.25) is 0 Å². The van der Waals surface area contributed by atoms with Crippen molar-refractivity contribution in [2.45, 2.75) is 40.0 Å². The van der Waals surface area contributed by atoms with Gasteiger partial charge in [-0.05, 0) is 76.4 Å². The summed E-state index contributed by atoms with van der Waals surface area (Å²) in [7, 11) is 0. The van der Waals surface area contributed by atoms with Gasteiger partial charge in [0, 0.05) is 0 Å². The summed E-state index contributed by atoms with van der Waals surface area (Å²) in [5.74, 6) is 0.520. The third-order valence-corrected chi connectivity index (χ3v) is 5.96. The van der Waals surface area contributed by atoms with Crippen LogP contribution in [-0.4, -0.2) is 0 Å². The fraction of sp³-hybridized carbons (Fsp3) is 0.214. The molecule has 0 aliphatic rings. The Morgan fingerprint density at radius 3 is 2.07 bits per heavy atom. The predicted octanol–water partition coefficient (Wildman–Crippen LogP) is 8.30. The zero-order chi connectivity index (χ0) is 19.7. The molecule has 28 heavy (non-hydrogen) atoms. The Balaban J connectivity index is 2.04. The summed E-state index contributed by atoms with van der Waals surface area (Å²) >= 11 is 0. The summed E-state index contributed by atoms with van der Waals surface area (Å²) in [5, 5.41) is 2.61. The van der Waals surface area contributed by atoms with E-state index in [1.807, 2.05) is 0 Å². The molecule has 4 aromatic rings. The first-order valence-electron chi connectivity index (χ1n) is 10.3. The lowest BCUT2D eigenvalue weighted by Crippen LogP contribution is -1.99. The van der Waals surface area contributed by atoms with E-state index in [-0.39, 0.29) is 0 Å². The summed E-state index contributed by atoms with van der Waals surface area (Å²) in [4.78, 5) is 0. The first-order chi connectivity index (χ1) is 13.6. The molecular weight excluding hydrogens is 336 g/mol. The van der Waals surface area contributed by atoms with Crippen molar-refractivity contribution in [3.05, 3.63) is 95.6 Å². The van der Waals surface area contributed by atoms with Gasteiger partial charge in [-0.25, -0.2) is 0 Å². The van der Waals surface area contributed by atoms with Crippen LogP contribution >= 0.6 is 0 Å². The molecule has 0 spiro atoms. The maximum Gasteiger partial charge on any atom is -0.00677 e. The van der Waals surface area contributed by atoms with Crippen molar-refractivity contribution in [3.63, 3.8) is 0 Å². The number of rotatable bonds is 4. The molecule has 4 aromatic carbocycles. The highest BCUT2D eigenvalue weighted by atomic mass is 14.2. The Morgan fingerprint density at radius 2 is 1.39 bits per heavy atom. The number of hydrogen-bond donors (Lipinski definition) is 0. The van der Waals surface area contributed by atoms with Crippen LogP contribution in [0.4, 0.5) is 0 Å². The highest BCUT2D eigenvalue weighted by molar-refractivity contribution is 5.94. The molecule has 0 aliphatic carbocycles. The van der Waals surface area contributed by atoms with Crippen LogP contribution in [0, 0.1) is 13.8 Å². The molecular formula is C28H28. The first kappa shape index (κ1) is 18.5. The van der Waals surface area contributed by atoms with Gasteiger partial charge in [0.25, 0.3) is 0 Å². The van der Waals surface area contributed by atoms with E-state index in [0.717, 1.165) is 6.42 Å². The van der Waals surface area contributed by atoms with Gasteiger partial charge in [0.05, 0.1) is 0 Å². The molecule has 0 heterocycles. The summed E-state index contributed by atoms with van der Waals surface area (Å²) in [6, 6.07) is 29.1. The van der Waals surface area contributed by atoms with Crippen molar-refractivity contribution in [2.24, 2.45) is 0 Å². The average Bonchev–Trinajstić information content (AvgIpc) is 2.73. The Hall–Kier alpha value is -2.86. The third-order valence-electron chi connectivity index (χ3n) is 5.96. The molecule has 140 valence electrons. The van der Waals surface area contributed by atoms with Crippen LogP contribution in [0.1, 0.15) is 42.9 Å². The van der Waals surface area contributed by atoms with E-state index >= 15 is 0 Å². The quantitative estimate of drug-likeness (QED) is 0.341. The highest BCUT2D eigenvalue weighted by Gasteiger charge is 2.18. The molecule has 1 unspecified atom stereocenters. The minimum absolute atomic E-state index is 0.520. The second-order valence-electron chi connectivity index (χ2n) is 7.96. The van der Waals surface area contributed by atoms with Crippen molar-refractivity contribution in [1.29, 1.82) is 0 Å². The average molecular weight is 365 g/mol. The Labute approximate surface area is 168 Å². The number of benzene rings is 4. The van der Waals surface area contributed by atoms with E-state index in [0.29, 0.717) is 5.92 Å². The van der Waals surface area contributed by atoms with E-state index in [2.05, 4.69) is 107 Å². The smallest absolute Gasteiger partial charge is 0.00677 e. The molecule has 0 bridgehead atoms. The predicted molar refractivity (Wildman–Crippen MR) is 123 cm³/mol. The van der Waals surface area contributed by atoms with Crippen molar-refractivity contribution < 1.29 is 0 Å². The monoisotopic (exact) mass is 364 g/mol. The number of hydrogen-bond acceptors (Lipinski definition) is 0. The fourth-order valence-corrected chi connectivity index (χ4v) is 4.10. The molecule has 0 aromatic heterocycles. The van der Waals surface area contributed by atoms with Gasteiger partial charge in [-0.2, -0.15) is 0 Å². The van der Waals surface area contributed by atoms with Crippen molar-refractivity contribution in [3.8, 4) is 22.3 Å². The molecule has 0 aliphatic heterocycles. The van der Waals surface area contributed by atoms with Crippen LogP contribution < -0.4 is 0 Å². The molecule has 4 rings (SSSR count). The maximum atomic E-state index is 2.38. The van der Waals surface area contributed by atoms with E-state index in [1.54, 1.807) is 0 Å². The Kier molecular flexibility index (Phi) is 5.05. The summed E-state index contributed by atoms with van der Waals surface area (Å²) in [5.41, 5.74) is 9.44. The van der Waals surface area contributed by atoms with Gasteiger partial charge >= 0.3 is 0 Å². The standard InChI is InChI=1S/C28H28/c1-5-20(3)25-11-8-12-26(22-15-13-19(2)14-16-22)28(25)27-18-24-10-7-6-9-23(24)17-21(27)4/h6-18,20H,5H2,1-4H3. The minimum Gasteiger partial charge on any atom is -0.0648 e. The summed E-state index contributed by atoms with van der Waals surface area (Å²) < 4.78 is 0. The van der Waals surface area contributed by atoms with Crippen molar-refractivity contribution >= 4 is 10.8 Å². The van der Waals surface area contributed by atoms with Crippen molar-refractivity contribution in [1.82, 2.24) is 0 Å². The van der Waals surface area contributed by atoms with Crippen LogP contribution in [0.25, 0.3) is 33.0 Å². The van der Waals surface area contributed by atoms with Crippen LogP contribution in [0.5, 0.6) is 0 Å². The lowest BCUT2D eigenvalue weighted by Gasteiger charge is -2.21. The summed E-state index contributed by atoms with van der Waals surface area (Å²) in [6.45, 7) is 9.01. The van der Waals surface area contributed by atoms with Gasteiger partial charge < -0.3 is 0 Å². The third kappa shape index (κ3) is 3.36.